The SMILES string of the molecule is C=CC[C@H](C(=O)O)[C@@H](O)C(C)(C)C. The first-order valence-electron chi connectivity index (χ1n) is 4.32. The lowest BCUT2D eigenvalue weighted by molar-refractivity contribution is -0.148. The van der Waals surface area contributed by atoms with Gasteiger partial charge in [-0.25, -0.2) is 0 Å². The fraction of sp³-hybridized carbons (Fsp3) is 0.700. The van der Waals surface area contributed by atoms with Gasteiger partial charge in [-0.05, 0) is 11.8 Å². The number of rotatable bonds is 4. The van der Waals surface area contributed by atoms with Gasteiger partial charge in [0.25, 0.3) is 0 Å². The van der Waals surface area contributed by atoms with Crippen molar-refractivity contribution in [3.63, 3.8) is 0 Å². The zero-order valence-electron chi connectivity index (χ0n) is 8.45. The van der Waals surface area contributed by atoms with Crippen LogP contribution in [0.25, 0.3) is 0 Å². The van der Waals surface area contributed by atoms with Crippen molar-refractivity contribution in [3.8, 4) is 0 Å². The monoisotopic (exact) mass is 186 g/mol. The molecule has 0 bridgehead atoms. The molecule has 13 heavy (non-hydrogen) atoms. The van der Waals surface area contributed by atoms with E-state index >= 15 is 0 Å². The average molecular weight is 186 g/mol. The highest BCUT2D eigenvalue weighted by atomic mass is 16.4. The third-order valence-electron chi connectivity index (χ3n) is 2.01. The van der Waals surface area contributed by atoms with Crippen LogP contribution in [0.5, 0.6) is 0 Å². The van der Waals surface area contributed by atoms with Crippen molar-refractivity contribution >= 4 is 5.97 Å². The van der Waals surface area contributed by atoms with E-state index in [-0.39, 0.29) is 0 Å². The van der Waals surface area contributed by atoms with Gasteiger partial charge in [-0.1, -0.05) is 26.8 Å². The molecule has 0 aliphatic carbocycles. The summed E-state index contributed by atoms with van der Waals surface area (Å²) >= 11 is 0. The molecule has 0 aliphatic heterocycles. The number of aliphatic hydroxyl groups excluding tert-OH is 1. The summed E-state index contributed by atoms with van der Waals surface area (Å²) in [5.74, 6) is -1.72. The molecule has 0 saturated heterocycles. The van der Waals surface area contributed by atoms with Crippen LogP contribution in [0.2, 0.25) is 0 Å². The third-order valence-corrected chi connectivity index (χ3v) is 2.01. The molecule has 3 nitrogen and oxygen atoms in total. The van der Waals surface area contributed by atoms with E-state index < -0.39 is 23.4 Å². The number of carboxylic acid groups (broad SMARTS) is 1. The molecule has 0 rings (SSSR count). The Kier molecular flexibility index (Phi) is 4.14. The molecule has 2 N–H and O–H groups in total. The van der Waals surface area contributed by atoms with Crippen molar-refractivity contribution in [3.05, 3.63) is 12.7 Å². The first kappa shape index (κ1) is 12.2. The number of carboxylic acids is 1. The molecule has 0 unspecified atom stereocenters. The summed E-state index contributed by atoms with van der Waals surface area (Å²) in [6.07, 6.45) is 0.977. The molecule has 3 heteroatoms. The van der Waals surface area contributed by atoms with Crippen LogP contribution in [0.1, 0.15) is 27.2 Å². The normalized spacial score (nSPS) is 16.3. The van der Waals surface area contributed by atoms with E-state index in [1.807, 2.05) is 20.8 Å². The number of allylic oxidation sites excluding steroid dienone is 1. The van der Waals surface area contributed by atoms with Gasteiger partial charge in [0.05, 0.1) is 12.0 Å². The minimum absolute atomic E-state index is 0.299. The minimum atomic E-state index is -0.970. The van der Waals surface area contributed by atoms with Gasteiger partial charge in [0.1, 0.15) is 0 Å². The summed E-state index contributed by atoms with van der Waals surface area (Å²) < 4.78 is 0. The Morgan fingerprint density at radius 3 is 2.23 bits per heavy atom. The Morgan fingerprint density at radius 2 is 2.00 bits per heavy atom. The van der Waals surface area contributed by atoms with Crippen LogP contribution in [0.4, 0.5) is 0 Å². The van der Waals surface area contributed by atoms with E-state index in [9.17, 15) is 9.90 Å². The van der Waals surface area contributed by atoms with E-state index in [0.29, 0.717) is 6.42 Å². The predicted octanol–water partition coefficient (Wildman–Crippen LogP) is 1.67. The number of hydrogen-bond acceptors (Lipinski definition) is 2. The van der Waals surface area contributed by atoms with Gasteiger partial charge in [0, 0.05) is 0 Å². The lowest BCUT2D eigenvalue weighted by Crippen LogP contribution is -2.37. The van der Waals surface area contributed by atoms with Crippen molar-refractivity contribution in [2.75, 3.05) is 0 Å². The van der Waals surface area contributed by atoms with Crippen LogP contribution < -0.4 is 0 Å². The van der Waals surface area contributed by atoms with Gasteiger partial charge >= 0.3 is 5.97 Å². The summed E-state index contributed by atoms with van der Waals surface area (Å²) in [6.45, 7) is 8.92. The van der Waals surface area contributed by atoms with Crippen LogP contribution in [-0.2, 0) is 4.79 Å². The molecule has 0 heterocycles. The molecule has 0 aliphatic rings. The molecule has 0 radical (unpaired) electrons. The maximum absolute atomic E-state index is 10.8. The van der Waals surface area contributed by atoms with Crippen LogP contribution in [0.3, 0.4) is 0 Å². The average Bonchev–Trinajstić information content (AvgIpc) is 1.96. The summed E-state index contributed by atoms with van der Waals surface area (Å²) in [7, 11) is 0. The van der Waals surface area contributed by atoms with E-state index in [1.165, 1.54) is 6.08 Å². The van der Waals surface area contributed by atoms with Gasteiger partial charge in [-0.2, -0.15) is 0 Å². The van der Waals surface area contributed by atoms with Gasteiger partial charge < -0.3 is 10.2 Å². The van der Waals surface area contributed by atoms with E-state index in [0.717, 1.165) is 0 Å². The first-order chi connectivity index (χ1) is 5.80. The molecule has 0 fully saturated rings. The highest BCUT2D eigenvalue weighted by Crippen LogP contribution is 2.27. The van der Waals surface area contributed by atoms with Gasteiger partial charge in [0.2, 0.25) is 0 Å². The Labute approximate surface area is 79.1 Å². The molecule has 76 valence electrons. The zero-order chi connectivity index (χ0) is 10.6. The largest absolute Gasteiger partial charge is 0.481 e. The maximum atomic E-state index is 10.8. The number of carbonyl (C=O) groups is 1. The summed E-state index contributed by atoms with van der Waals surface area (Å²) in [5.41, 5.74) is -0.411. The molecular weight excluding hydrogens is 168 g/mol. The van der Waals surface area contributed by atoms with Crippen molar-refractivity contribution in [2.24, 2.45) is 11.3 Å². The molecular formula is C10H18O3. The standard InChI is InChI=1S/C10H18O3/c1-5-6-7(9(12)13)8(11)10(2,3)4/h5,7-8,11H,1,6H2,2-4H3,(H,12,13)/t7-,8+/m0/s1. The molecule has 0 spiro atoms. The second-order valence-corrected chi connectivity index (χ2v) is 4.28. The lowest BCUT2D eigenvalue weighted by Gasteiger charge is -2.30. The first-order valence-corrected chi connectivity index (χ1v) is 4.32. The smallest absolute Gasteiger partial charge is 0.309 e. The number of hydrogen-bond donors (Lipinski definition) is 2. The molecule has 2 atom stereocenters. The second kappa shape index (κ2) is 4.42. The Bertz CT molecular complexity index is 191. The predicted molar refractivity (Wildman–Crippen MR) is 51.4 cm³/mol. The molecule has 0 amide bonds. The molecule has 0 aromatic carbocycles. The fourth-order valence-corrected chi connectivity index (χ4v) is 1.15. The zero-order valence-corrected chi connectivity index (χ0v) is 8.45. The minimum Gasteiger partial charge on any atom is -0.481 e. The van der Waals surface area contributed by atoms with Crippen LogP contribution in [-0.4, -0.2) is 22.3 Å². The molecule has 0 aromatic rings. The highest BCUT2D eigenvalue weighted by Gasteiger charge is 2.34. The van der Waals surface area contributed by atoms with Gasteiger partial charge in [0.15, 0.2) is 0 Å². The number of aliphatic hydroxyl groups is 1. The summed E-state index contributed by atoms with van der Waals surface area (Å²) in [6, 6.07) is 0. The van der Waals surface area contributed by atoms with E-state index in [2.05, 4.69) is 6.58 Å². The fourth-order valence-electron chi connectivity index (χ4n) is 1.15. The summed E-state index contributed by atoms with van der Waals surface area (Å²) in [4.78, 5) is 10.8. The third kappa shape index (κ3) is 3.59. The Hall–Kier alpha value is -0.830. The van der Waals surface area contributed by atoms with E-state index in [1.54, 1.807) is 0 Å². The Morgan fingerprint density at radius 1 is 1.54 bits per heavy atom. The molecule has 0 aromatic heterocycles. The maximum Gasteiger partial charge on any atom is 0.309 e. The Balaban J connectivity index is 4.55. The second-order valence-electron chi connectivity index (χ2n) is 4.28. The van der Waals surface area contributed by atoms with Gasteiger partial charge in [-0.3, -0.25) is 4.79 Å². The van der Waals surface area contributed by atoms with Crippen LogP contribution in [0, 0.1) is 11.3 Å². The topological polar surface area (TPSA) is 57.5 Å². The van der Waals surface area contributed by atoms with Crippen molar-refractivity contribution in [2.45, 2.75) is 33.3 Å². The summed E-state index contributed by atoms with van der Waals surface area (Å²) in [5, 5.41) is 18.5. The van der Waals surface area contributed by atoms with Crippen molar-refractivity contribution in [1.82, 2.24) is 0 Å². The van der Waals surface area contributed by atoms with Crippen LogP contribution in [0.15, 0.2) is 12.7 Å². The lowest BCUT2D eigenvalue weighted by atomic mass is 9.80. The molecule has 0 saturated carbocycles. The van der Waals surface area contributed by atoms with Crippen LogP contribution >= 0.6 is 0 Å². The van der Waals surface area contributed by atoms with Gasteiger partial charge in [-0.15, -0.1) is 6.58 Å². The van der Waals surface area contributed by atoms with Crippen molar-refractivity contribution in [1.29, 1.82) is 0 Å². The highest BCUT2D eigenvalue weighted by molar-refractivity contribution is 5.71. The van der Waals surface area contributed by atoms with Crippen molar-refractivity contribution < 1.29 is 15.0 Å². The quantitative estimate of drug-likeness (QED) is 0.656. The number of aliphatic carboxylic acids is 1. The van der Waals surface area contributed by atoms with E-state index in [4.69, 9.17) is 5.11 Å².